The molecule has 21 heavy (non-hydrogen) atoms. The first-order valence-electron chi connectivity index (χ1n) is 6.83. The van der Waals surface area contributed by atoms with Crippen molar-refractivity contribution in [2.45, 2.75) is 32.4 Å². The van der Waals surface area contributed by atoms with Crippen LogP contribution in [0.5, 0.6) is 5.75 Å². The second kappa shape index (κ2) is 7.90. The number of carbonyl (C=O) groups is 1. The largest absolute Gasteiger partial charge is 0.497 e. The minimum atomic E-state index is -4.37. The number of hydrogen-bond donors (Lipinski definition) is 0. The van der Waals surface area contributed by atoms with Crippen molar-refractivity contribution in [2.24, 2.45) is 0 Å². The van der Waals surface area contributed by atoms with Crippen molar-refractivity contribution >= 4 is 5.91 Å². The third-order valence-corrected chi connectivity index (χ3v) is 3.02. The minimum Gasteiger partial charge on any atom is -0.497 e. The van der Waals surface area contributed by atoms with Crippen molar-refractivity contribution < 1.29 is 22.7 Å². The lowest BCUT2D eigenvalue weighted by molar-refractivity contribution is -0.160. The van der Waals surface area contributed by atoms with Gasteiger partial charge in [0.25, 0.3) is 0 Å². The molecule has 0 unspecified atom stereocenters. The molecule has 0 saturated carbocycles. The molecule has 0 fully saturated rings. The lowest BCUT2D eigenvalue weighted by Crippen LogP contribution is -2.40. The van der Waals surface area contributed by atoms with Gasteiger partial charge in [-0.25, -0.2) is 0 Å². The van der Waals surface area contributed by atoms with E-state index in [9.17, 15) is 18.0 Å². The van der Waals surface area contributed by atoms with Gasteiger partial charge in [-0.3, -0.25) is 4.79 Å². The molecule has 0 aliphatic carbocycles. The summed E-state index contributed by atoms with van der Waals surface area (Å²) >= 11 is 0. The number of hydrogen-bond acceptors (Lipinski definition) is 2. The summed E-state index contributed by atoms with van der Waals surface area (Å²) in [5.74, 6) is 0.135. The third kappa shape index (κ3) is 6.51. The Kier molecular flexibility index (Phi) is 6.52. The Morgan fingerprint density at radius 2 is 1.86 bits per heavy atom. The second-order valence-electron chi connectivity index (χ2n) is 4.81. The second-order valence-corrected chi connectivity index (χ2v) is 4.81. The molecule has 0 atom stereocenters. The van der Waals surface area contributed by atoms with E-state index in [1.165, 1.54) is 7.11 Å². The molecule has 0 saturated heterocycles. The molecule has 0 N–H and O–H groups in total. The molecule has 0 spiro atoms. The fourth-order valence-corrected chi connectivity index (χ4v) is 1.89. The van der Waals surface area contributed by atoms with Gasteiger partial charge in [0.05, 0.1) is 13.5 Å². The molecule has 0 radical (unpaired) electrons. The van der Waals surface area contributed by atoms with Gasteiger partial charge >= 0.3 is 6.18 Å². The number of carbonyl (C=O) groups excluding carboxylic acids is 1. The molecular weight excluding hydrogens is 283 g/mol. The van der Waals surface area contributed by atoms with Crippen LogP contribution >= 0.6 is 0 Å². The Morgan fingerprint density at radius 3 is 2.33 bits per heavy atom. The first-order valence-corrected chi connectivity index (χ1v) is 6.83. The van der Waals surface area contributed by atoms with E-state index in [-0.39, 0.29) is 13.0 Å². The summed E-state index contributed by atoms with van der Waals surface area (Å²) in [6.07, 6.45) is -3.11. The first kappa shape index (κ1) is 17.3. The molecule has 1 amide bonds. The minimum absolute atomic E-state index is 0.0379. The molecule has 0 bridgehead atoms. The van der Waals surface area contributed by atoms with E-state index in [0.717, 1.165) is 11.3 Å². The molecule has 0 aliphatic rings. The molecule has 1 aromatic rings. The maximum absolute atomic E-state index is 12.5. The highest BCUT2D eigenvalue weighted by molar-refractivity contribution is 5.78. The molecule has 3 nitrogen and oxygen atoms in total. The fourth-order valence-electron chi connectivity index (χ4n) is 1.89. The van der Waals surface area contributed by atoms with E-state index in [1.54, 1.807) is 24.3 Å². The standard InChI is InChI=1S/C15H20F3NO2/c1-3-4-9-19(11-15(16,17)18)14(20)10-12-5-7-13(21-2)8-6-12/h5-8H,3-4,9-11H2,1-2H3. The first-order chi connectivity index (χ1) is 9.85. The van der Waals surface area contributed by atoms with E-state index >= 15 is 0 Å². The topological polar surface area (TPSA) is 29.5 Å². The van der Waals surface area contributed by atoms with Crippen molar-refractivity contribution in [2.75, 3.05) is 20.2 Å². The highest BCUT2D eigenvalue weighted by Crippen LogP contribution is 2.18. The zero-order valence-corrected chi connectivity index (χ0v) is 12.2. The molecule has 1 aromatic carbocycles. The maximum Gasteiger partial charge on any atom is 0.406 e. The van der Waals surface area contributed by atoms with Crippen LogP contribution in [0.3, 0.4) is 0 Å². The zero-order valence-electron chi connectivity index (χ0n) is 12.2. The van der Waals surface area contributed by atoms with Crippen LogP contribution < -0.4 is 4.74 Å². The van der Waals surface area contributed by atoms with E-state index in [1.807, 2.05) is 6.92 Å². The quantitative estimate of drug-likeness (QED) is 0.772. The zero-order chi connectivity index (χ0) is 15.9. The predicted molar refractivity (Wildman–Crippen MR) is 74.2 cm³/mol. The highest BCUT2D eigenvalue weighted by Gasteiger charge is 2.32. The number of unbranched alkanes of at least 4 members (excludes halogenated alkanes) is 1. The predicted octanol–water partition coefficient (Wildman–Crippen LogP) is 3.43. The van der Waals surface area contributed by atoms with Crippen LogP contribution in [0, 0.1) is 0 Å². The average molecular weight is 303 g/mol. The lowest BCUT2D eigenvalue weighted by atomic mass is 10.1. The van der Waals surface area contributed by atoms with Crippen LogP contribution in [0.4, 0.5) is 13.2 Å². The smallest absolute Gasteiger partial charge is 0.406 e. The summed E-state index contributed by atoms with van der Waals surface area (Å²) in [5, 5.41) is 0. The number of amides is 1. The van der Waals surface area contributed by atoms with Crippen molar-refractivity contribution in [1.82, 2.24) is 4.90 Å². The fraction of sp³-hybridized carbons (Fsp3) is 0.533. The van der Waals surface area contributed by atoms with Crippen molar-refractivity contribution in [3.63, 3.8) is 0 Å². The van der Waals surface area contributed by atoms with Crippen LogP contribution in [0.2, 0.25) is 0 Å². The summed E-state index contributed by atoms with van der Waals surface area (Å²) in [6.45, 7) is 0.812. The summed E-state index contributed by atoms with van der Waals surface area (Å²) < 4.78 is 42.6. The molecule has 6 heteroatoms. The Morgan fingerprint density at radius 1 is 1.24 bits per heavy atom. The van der Waals surface area contributed by atoms with Crippen molar-refractivity contribution in [1.29, 1.82) is 0 Å². The number of halogens is 3. The number of ether oxygens (including phenoxy) is 1. The highest BCUT2D eigenvalue weighted by atomic mass is 19.4. The molecular formula is C15H20F3NO2. The number of alkyl halides is 3. The molecule has 0 heterocycles. The molecule has 0 aliphatic heterocycles. The molecule has 0 aromatic heterocycles. The average Bonchev–Trinajstić information content (AvgIpc) is 2.43. The van der Waals surface area contributed by atoms with Gasteiger partial charge in [-0.1, -0.05) is 25.5 Å². The van der Waals surface area contributed by atoms with Crippen LogP contribution in [0.25, 0.3) is 0 Å². The van der Waals surface area contributed by atoms with E-state index in [2.05, 4.69) is 0 Å². The molecule has 118 valence electrons. The van der Waals surface area contributed by atoms with Crippen molar-refractivity contribution in [3.8, 4) is 5.75 Å². The van der Waals surface area contributed by atoms with Gasteiger partial charge in [-0.05, 0) is 24.1 Å². The van der Waals surface area contributed by atoms with Gasteiger partial charge in [-0.15, -0.1) is 0 Å². The van der Waals surface area contributed by atoms with Crippen LogP contribution in [0.1, 0.15) is 25.3 Å². The van der Waals surface area contributed by atoms with E-state index in [4.69, 9.17) is 4.74 Å². The Hall–Kier alpha value is -1.72. The van der Waals surface area contributed by atoms with Crippen LogP contribution in [-0.4, -0.2) is 37.2 Å². The Bertz CT molecular complexity index is 443. The van der Waals surface area contributed by atoms with Gasteiger partial charge < -0.3 is 9.64 Å². The van der Waals surface area contributed by atoms with Gasteiger partial charge in [-0.2, -0.15) is 13.2 Å². The van der Waals surface area contributed by atoms with E-state index < -0.39 is 18.6 Å². The monoisotopic (exact) mass is 303 g/mol. The van der Waals surface area contributed by atoms with Gasteiger partial charge in [0.15, 0.2) is 0 Å². The van der Waals surface area contributed by atoms with Crippen LogP contribution in [0.15, 0.2) is 24.3 Å². The summed E-state index contributed by atoms with van der Waals surface area (Å²) in [7, 11) is 1.52. The van der Waals surface area contributed by atoms with Gasteiger partial charge in [0.1, 0.15) is 12.3 Å². The summed E-state index contributed by atoms with van der Waals surface area (Å²) in [4.78, 5) is 12.9. The number of rotatable bonds is 7. The lowest BCUT2D eigenvalue weighted by Gasteiger charge is -2.24. The summed E-state index contributed by atoms with van der Waals surface area (Å²) in [5.41, 5.74) is 0.671. The van der Waals surface area contributed by atoms with Crippen LogP contribution in [-0.2, 0) is 11.2 Å². The maximum atomic E-state index is 12.5. The van der Waals surface area contributed by atoms with E-state index in [0.29, 0.717) is 17.7 Å². The van der Waals surface area contributed by atoms with Gasteiger partial charge in [0.2, 0.25) is 5.91 Å². The normalized spacial score (nSPS) is 11.3. The SMILES string of the molecule is CCCCN(CC(F)(F)F)C(=O)Cc1ccc(OC)cc1. The number of methoxy groups -OCH3 is 1. The van der Waals surface area contributed by atoms with Crippen molar-refractivity contribution in [3.05, 3.63) is 29.8 Å². The number of benzene rings is 1. The molecule has 1 rings (SSSR count). The number of nitrogens with zero attached hydrogens (tertiary/aromatic N) is 1. The Labute approximate surface area is 122 Å². The summed E-state index contributed by atoms with van der Waals surface area (Å²) in [6, 6.07) is 6.73. The van der Waals surface area contributed by atoms with Gasteiger partial charge in [0, 0.05) is 6.54 Å². The third-order valence-electron chi connectivity index (χ3n) is 3.02. The Balaban J connectivity index is 2.69.